The molecule has 0 aromatic heterocycles. The van der Waals surface area contributed by atoms with Gasteiger partial charge in [-0.15, -0.1) is 0 Å². The van der Waals surface area contributed by atoms with Crippen LogP contribution in [0.3, 0.4) is 0 Å². The van der Waals surface area contributed by atoms with Crippen molar-refractivity contribution in [3.63, 3.8) is 0 Å². The molecule has 5 aromatic carbocycles. The zero-order valence-corrected chi connectivity index (χ0v) is 30.4. The maximum Gasteiger partial charge on any atom is 0.0597 e. The fourth-order valence-electron chi connectivity index (χ4n) is 10.2. The average Bonchev–Trinajstić information content (AvgIpc) is 4.04. The average molecular weight is 715 g/mol. The Morgan fingerprint density at radius 1 is 0.800 bits per heavy atom. The van der Waals surface area contributed by atoms with Gasteiger partial charge < -0.3 is 4.90 Å². The Labute approximate surface area is 305 Å². The quantitative estimate of drug-likeness (QED) is 0.147. The molecule has 1 heterocycles. The van der Waals surface area contributed by atoms with Crippen molar-refractivity contribution in [2.24, 2.45) is 5.92 Å². The molecule has 3 fully saturated rings. The molecule has 7 atom stereocenters. The number of benzene rings is 5. The van der Waals surface area contributed by atoms with Gasteiger partial charge in [-0.1, -0.05) is 144 Å². The van der Waals surface area contributed by atoms with Crippen LogP contribution >= 0.6 is 15.9 Å². The molecule has 5 aromatic rings. The second kappa shape index (κ2) is 12.0. The van der Waals surface area contributed by atoms with Crippen LogP contribution in [-0.2, 0) is 18.3 Å². The van der Waals surface area contributed by atoms with Gasteiger partial charge in [-0.3, -0.25) is 0 Å². The smallest absolute Gasteiger partial charge is 0.0597 e. The maximum atomic E-state index is 3.64. The van der Waals surface area contributed by atoms with Crippen LogP contribution in [0.2, 0.25) is 0 Å². The van der Waals surface area contributed by atoms with E-state index in [-0.39, 0.29) is 5.41 Å². The van der Waals surface area contributed by atoms with Crippen molar-refractivity contribution in [2.75, 3.05) is 0 Å². The fourth-order valence-corrected chi connectivity index (χ4v) is 10.5. The van der Waals surface area contributed by atoms with Crippen molar-refractivity contribution in [2.45, 2.75) is 80.7 Å². The topological polar surface area (TPSA) is 3.24 Å². The van der Waals surface area contributed by atoms with E-state index in [1.807, 2.05) is 0 Å². The lowest BCUT2D eigenvalue weighted by Gasteiger charge is -2.44. The van der Waals surface area contributed by atoms with Crippen LogP contribution in [-0.4, -0.2) is 10.9 Å². The van der Waals surface area contributed by atoms with E-state index < -0.39 is 0 Å². The second-order valence-electron chi connectivity index (χ2n) is 15.9. The molecule has 4 aliphatic carbocycles. The van der Waals surface area contributed by atoms with Crippen LogP contribution in [0.5, 0.6) is 0 Å². The molecule has 50 heavy (non-hydrogen) atoms. The van der Waals surface area contributed by atoms with Crippen LogP contribution in [0.15, 0.2) is 150 Å². The van der Waals surface area contributed by atoms with E-state index in [1.54, 1.807) is 16.7 Å². The molecule has 0 radical (unpaired) electrons. The van der Waals surface area contributed by atoms with Crippen molar-refractivity contribution in [3.8, 4) is 11.1 Å². The number of allylic oxidation sites excluding steroid dienone is 4. The Morgan fingerprint density at radius 3 is 2.36 bits per heavy atom. The highest BCUT2D eigenvalue weighted by atomic mass is 79.9. The highest BCUT2D eigenvalue weighted by molar-refractivity contribution is 9.10. The maximum absolute atomic E-state index is 3.64. The molecule has 2 heteroatoms. The monoisotopic (exact) mass is 713 g/mol. The van der Waals surface area contributed by atoms with Gasteiger partial charge in [0.1, 0.15) is 0 Å². The van der Waals surface area contributed by atoms with Gasteiger partial charge >= 0.3 is 0 Å². The Hall–Kier alpha value is -4.14. The lowest BCUT2D eigenvalue weighted by molar-refractivity contribution is 0.119. The Balaban J connectivity index is 0.963. The molecule has 1 aliphatic heterocycles. The molecule has 10 rings (SSSR count). The van der Waals surface area contributed by atoms with Crippen LogP contribution < -0.4 is 0 Å². The first-order chi connectivity index (χ1) is 24.6. The highest BCUT2D eigenvalue weighted by Crippen LogP contribution is 2.71. The van der Waals surface area contributed by atoms with Crippen LogP contribution in [0.1, 0.15) is 95.3 Å². The number of halogens is 1. The van der Waals surface area contributed by atoms with Crippen molar-refractivity contribution in [3.05, 3.63) is 189 Å². The minimum absolute atomic E-state index is 0.241. The summed E-state index contributed by atoms with van der Waals surface area (Å²) in [6.07, 6.45) is 13.9. The van der Waals surface area contributed by atoms with Crippen molar-refractivity contribution >= 4 is 15.9 Å². The van der Waals surface area contributed by atoms with Gasteiger partial charge in [-0.2, -0.15) is 0 Å². The molecule has 0 amide bonds. The zero-order valence-electron chi connectivity index (χ0n) is 28.8. The minimum Gasteiger partial charge on any atom is -0.363 e. The molecule has 0 N–H and O–H groups in total. The van der Waals surface area contributed by atoms with Gasteiger partial charge in [0.15, 0.2) is 0 Å². The van der Waals surface area contributed by atoms with E-state index in [0.717, 1.165) is 36.6 Å². The third-order valence-corrected chi connectivity index (χ3v) is 13.5. The van der Waals surface area contributed by atoms with E-state index in [1.165, 1.54) is 45.5 Å². The standard InChI is InChI=1S/C48H44BrN/c1-48-30-43(48)41-28-35(34(20-17-31-11-5-2-6-12-31)27-32-18-23-37(49)24-19-32)21-25-39(41)40-26-22-36(29-42(40)48)44-45-46(33-13-7-3-8-14-33)50(47(44)45)38-15-9-4-10-16-38/h2-9,11-15,18-19,21-26,28-29,34,43-47H,10,16-17,20,27,30H2,1H3. The zero-order chi connectivity index (χ0) is 33.4. The summed E-state index contributed by atoms with van der Waals surface area (Å²) in [5, 5.41) is 0. The number of fused-ring (bicyclic) bond motifs is 7. The highest BCUT2D eigenvalue weighted by Gasteiger charge is 2.69. The van der Waals surface area contributed by atoms with Gasteiger partial charge in [0.25, 0.3) is 0 Å². The number of nitrogens with zero attached hydrogens (tertiary/aromatic N) is 1. The molecule has 7 unspecified atom stereocenters. The van der Waals surface area contributed by atoms with Gasteiger partial charge in [-0.05, 0) is 119 Å². The van der Waals surface area contributed by atoms with E-state index in [2.05, 4.69) is 167 Å². The van der Waals surface area contributed by atoms with E-state index in [4.69, 9.17) is 0 Å². The summed E-state index contributed by atoms with van der Waals surface area (Å²) in [7, 11) is 0. The summed E-state index contributed by atoms with van der Waals surface area (Å²) in [6, 6.07) is 47.6. The largest absolute Gasteiger partial charge is 0.363 e. The van der Waals surface area contributed by atoms with Crippen LogP contribution in [0.4, 0.5) is 0 Å². The third kappa shape index (κ3) is 5.09. The summed E-state index contributed by atoms with van der Waals surface area (Å²) < 4.78 is 1.15. The summed E-state index contributed by atoms with van der Waals surface area (Å²) in [5.74, 6) is 2.43. The lowest BCUT2D eigenvalue weighted by Crippen LogP contribution is -2.42. The number of hydrogen-bond acceptors (Lipinski definition) is 1. The molecule has 5 aliphatic rings. The molecule has 0 spiro atoms. The predicted molar refractivity (Wildman–Crippen MR) is 209 cm³/mol. The van der Waals surface area contributed by atoms with E-state index in [0.29, 0.717) is 35.8 Å². The van der Waals surface area contributed by atoms with Crippen molar-refractivity contribution in [1.82, 2.24) is 4.90 Å². The number of likely N-dealkylation sites (tertiary alicyclic amines) is 1. The molecule has 1 nitrogen and oxygen atoms in total. The van der Waals surface area contributed by atoms with Crippen LogP contribution in [0, 0.1) is 5.92 Å². The molecular formula is C48H44BrN. The van der Waals surface area contributed by atoms with Crippen molar-refractivity contribution in [1.29, 1.82) is 0 Å². The number of aryl methyl sites for hydroxylation is 1. The van der Waals surface area contributed by atoms with Gasteiger partial charge in [-0.25, -0.2) is 0 Å². The summed E-state index contributed by atoms with van der Waals surface area (Å²) in [6.45, 7) is 2.55. The van der Waals surface area contributed by atoms with Gasteiger partial charge in [0.2, 0.25) is 0 Å². The van der Waals surface area contributed by atoms with E-state index in [9.17, 15) is 0 Å². The second-order valence-corrected chi connectivity index (χ2v) is 16.8. The van der Waals surface area contributed by atoms with Gasteiger partial charge in [0.05, 0.1) is 6.04 Å². The molecule has 0 bridgehead atoms. The first-order valence-corrected chi connectivity index (χ1v) is 19.6. The van der Waals surface area contributed by atoms with E-state index >= 15 is 0 Å². The van der Waals surface area contributed by atoms with Crippen molar-refractivity contribution < 1.29 is 0 Å². The molecular weight excluding hydrogens is 670 g/mol. The summed E-state index contributed by atoms with van der Waals surface area (Å²) in [4.78, 5) is 2.79. The first-order valence-electron chi connectivity index (χ1n) is 18.8. The minimum atomic E-state index is 0.241. The Kier molecular flexibility index (Phi) is 7.35. The lowest BCUT2D eigenvalue weighted by atomic mass is 9.76. The number of hydrogen-bond donors (Lipinski definition) is 0. The normalized spacial score (nSPS) is 27.2. The summed E-state index contributed by atoms with van der Waals surface area (Å²) >= 11 is 3.64. The molecule has 1 saturated heterocycles. The Bertz CT molecular complexity index is 2130. The molecule has 2 saturated carbocycles. The number of rotatable bonds is 9. The van der Waals surface area contributed by atoms with Crippen LogP contribution in [0.25, 0.3) is 11.1 Å². The third-order valence-electron chi connectivity index (χ3n) is 13.0. The summed E-state index contributed by atoms with van der Waals surface area (Å²) in [5.41, 5.74) is 15.3. The SMILES string of the molecule is CC12CC1c1cc(C(CCc3ccccc3)Cc3ccc(Br)cc3)ccc1-c1ccc(C3C4C(c5ccccc5)N(C5=CC=CCC5)C34)cc12. The predicted octanol–water partition coefficient (Wildman–Crippen LogP) is 12.2. The first kappa shape index (κ1) is 30.7. The fraction of sp³-hybridized carbons (Fsp3) is 0.292. The Morgan fingerprint density at radius 2 is 1.58 bits per heavy atom. The molecule has 248 valence electrons. The van der Waals surface area contributed by atoms with Gasteiger partial charge in [0, 0.05) is 33.5 Å².